The number of ether oxygens (including phenoxy) is 1. The van der Waals surface area contributed by atoms with Gasteiger partial charge in [-0.1, -0.05) is 36.4 Å². The Labute approximate surface area is 174 Å². The van der Waals surface area contributed by atoms with Crippen molar-refractivity contribution in [1.82, 2.24) is 9.38 Å². The normalized spacial score (nSPS) is 11.2. The molecule has 0 saturated carbocycles. The summed E-state index contributed by atoms with van der Waals surface area (Å²) in [5.74, 6) is 1.77. The van der Waals surface area contributed by atoms with Crippen LogP contribution in [0, 0.1) is 0 Å². The van der Waals surface area contributed by atoms with E-state index in [2.05, 4.69) is 83.6 Å². The summed E-state index contributed by atoms with van der Waals surface area (Å²) >= 11 is 1.75. The van der Waals surface area contributed by atoms with Crippen LogP contribution in [0.3, 0.4) is 0 Å². The first kappa shape index (κ1) is 17.8. The molecule has 4 heteroatoms. The predicted octanol–water partition coefficient (Wildman–Crippen LogP) is 6.55. The highest BCUT2D eigenvalue weighted by molar-refractivity contribution is 7.98. The lowest BCUT2D eigenvalue weighted by atomic mass is 10.1. The van der Waals surface area contributed by atoms with E-state index in [4.69, 9.17) is 9.72 Å². The predicted molar refractivity (Wildman–Crippen MR) is 122 cm³/mol. The Hall–Kier alpha value is -3.24. The van der Waals surface area contributed by atoms with Crippen LogP contribution < -0.4 is 4.74 Å². The van der Waals surface area contributed by atoms with Crippen molar-refractivity contribution in [2.75, 3.05) is 13.4 Å². The number of imidazole rings is 1. The van der Waals surface area contributed by atoms with Gasteiger partial charge in [0.05, 0.1) is 18.3 Å². The fraction of sp³-hybridized carbons (Fsp3) is 0.0800. The van der Waals surface area contributed by atoms with Gasteiger partial charge in [-0.3, -0.25) is 4.40 Å². The van der Waals surface area contributed by atoms with E-state index >= 15 is 0 Å². The minimum absolute atomic E-state index is 0.841. The van der Waals surface area contributed by atoms with Crippen molar-refractivity contribution >= 4 is 28.1 Å². The summed E-state index contributed by atoms with van der Waals surface area (Å²) < 4.78 is 7.51. The topological polar surface area (TPSA) is 26.5 Å². The van der Waals surface area contributed by atoms with Crippen LogP contribution in [-0.4, -0.2) is 22.8 Å². The summed E-state index contributed by atoms with van der Waals surface area (Å²) in [6.45, 7) is 0. The van der Waals surface area contributed by atoms with Gasteiger partial charge < -0.3 is 4.74 Å². The highest BCUT2D eigenvalue weighted by Gasteiger charge is 2.17. The lowest BCUT2D eigenvalue weighted by Gasteiger charge is -2.06. The van der Waals surface area contributed by atoms with Gasteiger partial charge in [-0.05, 0) is 54.1 Å². The van der Waals surface area contributed by atoms with Crippen LogP contribution in [0.1, 0.15) is 0 Å². The second-order valence-electron chi connectivity index (χ2n) is 6.86. The minimum atomic E-state index is 0.841. The Kier molecular flexibility index (Phi) is 4.49. The van der Waals surface area contributed by atoms with Crippen LogP contribution in [0.15, 0.2) is 90.0 Å². The van der Waals surface area contributed by atoms with Crippen molar-refractivity contribution in [3.8, 4) is 28.4 Å². The number of thioether (sulfide) groups is 1. The van der Waals surface area contributed by atoms with E-state index in [9.17, 15) is 0 Å². The lowest BCUT2D eigenvalue weighted by molar-refractivity contribution is 0.415. The standard InChI is InChI=1S/C25H20N2OS/c1-28-20-11-7-19(8-12-20)25-26-23(18-9-13-21(29-2)14-10-18)24-22-6-4-3-5-17(22)15-16-27(24)25/h3-16H,1-2H3. The van der Waals surface area contributed by atoms with E-state index in [0.29, 0.717) is 0 Å². The highest BCUT2D eigenvalue weighted by atomic mass is 32.2. The second kappa shape index (κ2) is 7.30. The number of hydrogen-bond donors (Lipinski definition) is 0. The molecule has 0 aliphatic rings. The van der Waals surface area contributed by atoms with E-state index in [0.717, 1.165) is 33.9 Å². The van der Waals surface area contributed by atoms with E-state index in [1.165, 1.54) is 15.7 Å². The van der Waals surface area contributed by atoms with Crippen molar-refractivity contribution in [3.63, 3.8) is 0 Å². The number of methoxy groups -OCH3 is 1. The van der Waals surface area contributed by atoms with Gasteiger partial charge in [0.25, 0.3) is 0 Å². The summed E-state index contributed by atoms with van der Waals surface area (Å²) in [6, 6.07) is 27.3. The Bertz CT molecular complexity index is 1310. The maximum Gasteiger partial charge on any atom is 0.145 e. The van der Waals surface area contributed by atoms with E-state index < -0.39 is 0 Å². The van der Waals surface area contributed by atoms with Gasteiger partial charge in [0, 0.05) is 27.6 Å². The van der Waals surface area contributed by atoms with Crippen LogP contribution in [0.5, 0.6) is 5.75 Å². The third-order valence-electron chi connectivity index (χ3n) is 5.24. The Balaban J connectivity index is 1.81. The van der Waals surface area contributed by atoms with Gasteiger partial charge >= 0.3 is 0 Å². The summed E-state index contributed by atoms with van der Waals surface area (Å²) in [6.07, 6.45) is 4.21. The smallest absolute Gasteiger partial charge is 0.145 e. The third-order valence-corrected chi connectivity index (χ3v) is 5.99. The molecule has 0 aliphatic heterocycles. The number of hydrogen-bond acceptors (Lipinski definition) is 3. The summed E-state index contributed by atoms with van der Waals surface area (Å²) in [4.78, 5) is 6.35. The molecule has 0 atom stereocenters. The first-order valence-electron chi connectivity index (χ1n) is 9.47. The molecule has 0 unspecified atom stereocenters. The zero-order chi connectivity index (χ0) is 19.8. The van der Waals surface area contributed by atoms with E-state index in [-0.39, 0.29) is 0 Å². The van der Waals surface area contributed by atoms with Crippen LogP contribution in [0.2, 0.25) is 0 Å². The number of benzene rings is 3. The van der Waals surface area contributed by atoms with E-state index in [1.54, 1.807) is 18.9 Å². The first-order chi connectivity index (χ1) is 14.3. The molecular weight excluding hydrogens is 376 g/mol. The maximum atomic E-state index is 5.32. The molecule has 0 fully saturated rings. The Morgan fingerprint density at radius 1 is 0.828 bits per heavy atom. The van der Waals surface area contributed by atoms with Crippen molar-refractivity contribution in [2.24, 2.45) is 0 Å². The molecule has 0 aliphatic carbocycles. The maximum absolute atomic E-state index is 5.32. The Morgan fingerprint density at radius 2 is 1.55 bits per heavy atom. The third kappa shape index (κ3) is 3.06. The van der Waals surface area contributed by atoms with Gasteiger partial charge in [-0.15, -0.1) is 11.8 Å². The van der Waals surface area contributed by atoms with Crippen LogP contribution in [0.4, 0.5) is 0 Å². The molecule has 0 saturated heterocycles. The molecule has 5 aromatic rings. The molecule has 2 heterocycles. The number of pyridine rings is 1. The minimum Gasteiger partial charge on any atom is -0.497 e. The quantitative estimate of drug-likeness (QED) is 0.322. The molecule has 0 amide bonds. The lowest BCUT2D eigenvalue weighted by Crippen LogP contribution is -1.90. The van der Waals surface area contributed by atoms with Crippen LogP contribution >= 0.6 is 11.8 Å². The zero-order valence-corrected chi connectivity index (χ0v) is 17.1. The molecule has 0 radical (unpaired) electrons. The van der Waals surface area contributed by atoms with Crippen LogP contribution in [0.25, 0.3) is 38.9 Å². The number of nitrogens with zero attached hydrogens (tertiary/aromatic N) is 2. The van der Waals surface area contributed by atoms with Gasteiger partial charge in [-0.25, -0.2) is 4.98 Å². The molecule has 2 aromatic heterocycles. The average molecular weight is 397 g/mol. The van der Waals surface area contributed by atoms with Crippen molar-refractivity contribution in [3.05, 3.63) is 85.1 Å². The molecule has 5 rings (SSSR count). The summed E-state index contributed by atoms with van der Waals surface area (Å²) in [7, 11) is 1.68. The fourth-order valence-corrected chi connectivity index (χ4v) is 4.15. The molecular formula is C25H20N2OS. The van der Waals surface area contributed by atoms with Gasteiger partial charge in [0.15, 0.2) is 0 Å². The molecule has 3 aromatic carbocycles. The molecule has 3 nitrogen and oxygen atoms in total. The largest absolute Gasteiger partial charge is 0.497 e. The average Bonchev–Trinajstić information content (AvgIpc) is 3.19. The number of aromatic nitrogens is 2. The van der Waals surface area contributed by atoms with Gasteiger partial charge in [0.1, 0.15) is 11.6 Å². The molecule has 0 spiro atoms. The number of fused-ring (bicyclic) bond motifs is 3. The molecule has 142 valence electrons. The fourth-order valence-electron chi connectivity index (χ4n) is 3.74. The molecule has 0 N–H and O–H groups in total. The van der Waals surface area contributed by atoms with E-state index in [1.807, 2.05) is 12.1 Å². The van der Waals surface area contributed by atoms with Crippen molar-refractivity contribution in [2.45, 2.75) is 4.90 Å². The SMILES string of the molecule is COc1ccc(-c2nc(-c3ccc(SC)cc3)c3c4ccccc4ccn23)cc1. The summed E-state index contributed by atoms with van der Waals surface area (Å²) in [5.41, 5.74) is 4.31. The molecule has 29 heavy (non-hydrogen) atoms. The monoisotopic (exact) mass is 396 g/mol. The van der Waals surface area contributed by atoms with Crippen molar-refractivity contribution < 1.29 is 4.74 Å². The first-order valence-corrected chi connectivity index (χ1v) is 10.7. The Morgan fingerprint density at radius 3 is 2.28 bits per heavy atom. The zero-order valence-electron chi connectivity index (χ0n) is 16.3. The van der Waals surface area contributed by atoms with Crippen LogP contribution in [-0.2, 0) is 0 Å². The second-order valence-corrected chi connectivity index (χ2v) is 7.74. The highest BCUT2D eigenvalue weighted by Crippen LogP contribution is 2.35. The van der Waals surface area contributed by atoms with Gasteiger partial charge in [0.2, 0.25) is 0 Å². The number of rotatable bonds is 4. The molecule has 0 bridgehead atoms. The van der Waals surface area contributed by atoms with Gasteiger partial charge in [-0.2, -0.15) is 0 Å². The van der Waals surface area contributed by atoms with Crippen molar-refractivity contribution in [1.29, 1.82) is 0 Å². The summed E-state index contributed by atoms with van der Waals surface area (Å²) in [5, 5.41) is 2.41.